The van der Waals surface area contributed by atoms with Crippen molar-refractivity contribution in [2.75, 3.05) is 25.1 Å². The minimum absolute atomic E-state index is 0.112. The fourth-order valence-electron chi connectivity index (χ4n) is 4.20. The second-order valence-corrected chi connectivity index (χ2v) is 12.7. The molecule has 2 aliphatic rings. The van der Waals surface area contributed by atoms with Crippen LogP contribution in [0.15, 0.2) is 46.8 Å². The molecule has 0 bridgehead atoms. The van der Waals surface area contributed by atoms with Gasteiger partial charge in [0.1, 0.15) is 17.1 Å². The Morgan fingerprint density at radius 1 is 1.28 bits per heavy atom. The Kier molecular flexibility index (Phi) is 9.46. The van der Waals surface area contributed by atoms with Crippen LogP contribution in [0.5, 0.6) is 0 Å². The summed E-state index contributed by atoms with van der Waals surface area (Å²) >= 11 is 2.28. The number of carboxylic acid groups (broad SMARTS) is 1. The number of aliphatic hydroxyl groups is 1. The molecule has 1 aromatic heterocycles. The van der Waals surface area contributed by atoms with E-state index in [0.29, 0.717) is 11.1 Å². The van der Waals surface area contributed by atoms with E-state index in [1.54, 1.807) is 44.2 Å². The topological polar surface area (TPSA) is 197 Å². The Morgan fingerprint density at radius 2 is 1.97 bits per heavy atom. The molecule has 2 amide bonds. The summed E-state index contributed by atoms with van der Waals surface area (Å²) in [6.45, 7) is 3.56. The van der Waals surface area contributed by atoms with Gasteiger partial charge in [0.2, 0.25) is 5.16 Å². The van der Waals surface area contributed by atoms with E-state index in [-0.39, 0.29) is 36.0 Å². The summed E-state index contributed by atoms with van der Waals surface area (Å²) in [7, 11) is -3.65. The highest BCUT2D eigenvalue weighted by molar-refractivity contribution is 8.01. The normalized spacial score (nSPS) is 20.7. The van der Waals surface area contributed by atoms with Crippen molar-refractivity contribution in [3.05, 3.63) is 47.2 Å². The van der Waals surface area contributed by atoms with Crippen molar-refractivity contribution >= 4 is 48.9 Å². The van der Waals surface area contributed by atoms with Gasteiger partial charge in [-0.05, 0) is 35.4 Å². The van der Waals surface area contributed by atoms with Crippen LogP contribution in [0.4, 0.5) is 0 Å². The Balaban J connectivity index is 1.60. The number of aliphatic hydroxyl groups excluding tert-OH is 1. The molecule has 4 N–H and O–H groups in total. The molecule has 1 saturated heterocycles. The number of tetrazole rings is 1. The summed E-state index contributed by atoms with van der Waals surface area (Å²) in [6, 6.07) is 7.21. The molecule has 3 heterocycles. The number of nitrogens with one attached hydrogen (secondary N) is 2. The number of nitrogens with zero attached hydrogens (tertiary/aromatic N) is 4. The van der Waals surface area contributed by atoms with Crippen molar-refractivity contribution in [2.24, 2.45) is 0 Å². The molecule has 2 aromatic rings. The molecule has 14 nitrogen and oxygen atoms in total. The summed E-state index contributed by atoms with van der Waals surface area (Å²) in [5.41, 5.74) is 0.396. The van der Waals surface area contributed by atoms with Gasteiger partial charge in [0, 0.05) is 11.0 Å². The van der Waals surface area contributed by atoms with Gasteiger partial charge in [-0.1, -0.05) is 42.1 Å². The number of thioether (sulfide) groups is 2. The lowest BCUT2D eigenvalue weighted by atomic mass is 10.0. The average Bonchev–Trinajstić information content (AvgIpc) is 3.43. The molecule has 210 valence electrons. The molecule has 0 radical (unpaired) electrons. The summed E-state index contributed by atoms with van der Waals surface area (Å²) in [5.74, 6) is -2.63. The number of H-pyrrole nitrogens is 1. The summed E-state index contributed by atoms with van der Waals surface area (Å²) in [4.78, 5) is 39.4. The number of benzene rings is 1. The minimum atomic E-state index is -3.65. The minimum Gasteiger partial charge on any atom is -0.477 e. The number of aromatic nitrogens is 4. The first-order valence-corrected chi connectivity index (χ1v) is 15.6. The van der Waals surface area contributed by atoms with Gasteiger partial charge in [0.25, 0.3) is 11.8 Å². The zero-order chi connectivity index (χ0) is 28.2. The van der Waals surface area contributed by atoms with Crippen LogP contribution in [-0.2, 0) is 28.0 Å². The third-order valence-electron chi connectivity index (χ3n) is 5.87. The van der Waals surface area contributed by atoms with E-state index < -0.39 is 48.1 Å². The van der Waals surface area contributed by atoms with Crippen LogP contribution in [0.3, 0.4) is 0 Å². The summed E-state index contributed by atoms with van der Waals surface area (Å²) < 4.78 is 24.3. The first-order chi connectivity index (χ1) is 18.7. The predicted octanol–water partition coefficient (Wildman–Crippen LogP) is 1.40. The van der Waals surface area contributed by atoms with Gasteiger partial charge in [-0.25, -0.2) is 9.89 Å². The third kappa shape index (κ3) is 6.36. The molecule has 1 aromatic carbocycles. The van der Waals surface area contributed by atoms with Gasteiger partial charge in [-0.15, -0.1) is 16.9 Å². The van der Waals surface area contributed by atoms with E-state index in [2.05, 4.69) is 25.9 Å². The molecule has 2 unspecified atom stereocenters. The third-order valence-corrected chi connectivity index (χ3v) is 10.7. The maximum Gasteiger partial charge on any atom is 0.352 e. The molecular formula is C22H27N6O8PS2. The molecule has 17 heteroatoms. The molecule has 2 aliphatic heterocycles. The fraction of sp³-hybridized carbons (Fsp3) is 0.455. The lowest BCUT2D eigenvalue weighted by molar-refractivity contribution is -0.151. The lowest BCUT2D eigenvalue weighted by Crippen LogP contribution is -2.71. The van der Waals surface area contributed by atoms with E-state index in [9.17, 15) is 29.2 Å². The molecule has 4 rings (SSSR count). The number of rotatable bonds is 13. The van der Waals surface area contributed by atoms with Gasteiger partial charge in [-0.3, -0.25) is 19.1 Å². The smallest absolute Gasteiger partial charge is 0.352 e. The van der Waals surface area contributed by atoms with E-state index >= 15 is 0 Å². The van der Waals surface area contributed by atoms with Crippen molar-refractivity contribution < 1.29 is 38.2 Å². The first kappa shape index (κ1) is 29.2. The molecule has 0 spiro atoms. The van der Waals surface area contributed by atoms with Gasteiger partial charge in [0.15, 0.2) is 6.10 Å². The molecular weight excluding hydrogens is 571 g/mol. The highest BCUT2D eigenvalue weighted by Crippen LogP contribution is 2.53. The molecule has 0 saturated carbocycles. The van der Waals surface area contributed by atoms with E-state index in [1.807, 2.05) is 0 Å². The second-order valence-electron chi connectivity index (χ2n) is 8.33. The van der Waals surface area contributed by atoms with Crippen LogP contribution >= 0.6 is 31.1 Å². The van der Waals surface area contributed by atoms with Gasteiger partial charge >= 0.3 is 13.6 Å². The molecule has 0 aliphatic carbocycles. The van der Waals surface area contributed by atoms with Crippen LogP contribution in [0.1, 0.15) is 25.5 Å². The highest BCUT2D eigenvalue weighted by Gasteiger charge is 2.55. The largest absolute Gasteiger partial charge is 0.477 e. The first-order valence-electron chi connectivity index (χ1n) is 11.9. The number of carboxylic acids is 1. The number of aliphatic carboxylic acids is 1. The number of aromatic amines is 1. The molecule has 39 heavy (non-hydrogen) atoms. The van der Waals surface area contributed by atoms with Gasteiger partial charge < -0.3 is 24.6 Å². The summed E-state index contributed by atoms with van der Waals surface area (Å²) in [6.07, 6.45) is -1.68. The van der Waals surface area contributed by atoms with Crippen LogP contribution < -0.4 is 5.32 Å². The predicted molar refractivity (Wildman–Crippen MR) is 141 cm³/mol. The van der Waals surface area contributed by atoms with Crippen molar-refractivity contribution in [1.82, 2.24) is 30.8 Å². The van der Waals surface area contributed by atoms with Crippen molar-refractivity contribution in [3.8, 4) is 0 Å². The standard InChI is InChI=1S/C22H27N6O8PS2/c1-3-35-37(34,36-4-2)10-14(39-22-24-26-27-25-22)13-11-38-20-15(19(31)28(20)16(13)21(32)33)23-18(30)17(29)12-8-6-5-7-9-12/h5-9,14-15,17,20,29H,3-4,10-11H2,1-2H3,(H,23,30)(H,32,33)(H,24,25,26,27)/t14?,15-,17?,20+/m1/s1. The highest BCUT2D eigenvalue weighted by atomic mass is 32.2. The fourth-order valence-corrected chi connectivity index (χ4v) is 9.06. The Morgan fingerprint density at radius 3 is 2.56 bits per heavy atom. The molecule has 1 fully saturated rings. The number of hydrogen-bond donors (Lipinski definition) is 4. The second kappa shape index (κ2) is 12.6. The maximum atomic E-state index is 13.4. The van der Waals surface area contributed by atoms with Crippen LogP contribution in [0.2, 0.25) is 0 Å². The van der Waals surface area contributed by atoms with Crippen LogP contribution in [0.25, 0.3) is 0 Å². The quantitative estimate of drug-likeness (QED) is 0.147. The molecule has 4 atom stereocenters. The number of β-lactam (4-membered cyclic amide) rings is 1. The zero-order valence-electron chi connectivity index (χ0n) is 20.9. The Bertz CT molecular complexity index is 1270. The van der Waals surface area contributed by atoms with E-state index in [4.69, 9.17) is 9.05 Å². The maximum absolute atomic E-state index is 13.4. The summed E-state index contributed by atoms with van der Waals surface area (Å²) in [5, 5.41) is 35.3. The number of amides is 2. The lowest BCUT2D eigenvalue weighted by Gasteiger charge is -2.50. The Hall–Kier alpha value is -2.75. The van der Waals surface area contributed by atoms with Crippen molar-refractivity contribution in [1.29, 1.82) is 0 Å². The number of carbonyl (C=O) groups is 3. The van der Waals surface area contributed by atoms with Gasteiger partial charge in [0.05, 0.1) is 19.4 Å². The number of carbonyl (C=O) groups excluding carboxylic acids is 2. The van der Waals surface area contributed by atoms with Crippen molar-refractivity contribution in [2.45, 2.75) is 41.8 Å². The van der Waals surface area contributed by atoms with Crippen molar-refractivity contribution in [3.63, 3.8) is 0 Å². The number of hydrogen-bond acceptors (Lipinski definition) is 12. The SMILES string of the molecule is CCOP(=O)(CC(Sc1nnn[nH]1)C1=C(C(=O)O)N2C(=O)[C@@H](NC(=O)C(O)c3ccccc3)[C@@H]2SC1)OCC. The van der Waals surface area contributed by atoms with Crippen LogP contribution in [0, 0.1) is 0 Å². The van der Waals surface area contributed by atoms with Gasteiger partial charge in [-0.2, -0.15) is 0 Å². The number of fused-ring (bicyclic) bond motifs is 1. The van der Waals surface area contributed by atoms with E-state index in [1.165, 1.54) is 11.8 Å². The van der Waals surface area contributed by atoms with Crippen LogP contribution in [-0.4, -0.2) is 95.3 Å². The van der Waals surface area contributed by atoms with E-state index in [0.717, 1.165) is 16.7 Å². The Labute approximate surface area is 231 Å². The zero-order valence-corrected chi connectivity index (χ0v) is 23.4. The monoisotopic (exact) mass is 598 g/mol. The average molecular weight is 599 g/mol.